The lowest BCUT2D eigenvalue weighted by Gasteiger charge is -2.29. The molecule has 3 amide bonds. The maximum Gasteiger partial charge on any atom is 0.257 e. The number of quaternary nitrogens is 1. The van der Waals surface area contributed by atoms with Gasteiger partial charge in [-0.2, -0.15) is 0 Å². The number of hydrogen-bond acceptors (Lipinski definition) is 3. The van der Waals surface area contributed by atoms with E-state index in [2.05, 4.69) is 19.2 Å². The lowest BCUT2D eigenvalue weighted by atomic mass is 10.1. The van der Waals surface area contributed by atoms with Crippen molar-refractivity contribution in [2.75, 3.05) is 42.9 Å². The van der Waals surface area contributed by atoms with E-state index in [1.807, 2.05) is 18.2 Å². The number of carbonyl (C=O) groups excluding carboxylic acids is 3. The lowest BCUT2D eigenvalue weighted by molar-refractivity contribution is -0.896. The fourth-order valence-electron chi connectivity index (χ4n) is 4.63. The monoisotopic (exact) mass is 519 g/mol. The summed E-state index contributed by atoms with van der Waals surface area (Å²) >= 11 is 6.21. The Kier molecular flexibility index (Phi) is 8.58. The van der Waals surface area contributed by atoms with Gasteiger partial charge in [-0.15, -0.1) is 0 Å². The van der Waals surface area contributed by atoms with Crippen molar-refractivity contribution < 1.29 is 19.3 Å². The van der Waals surface area contributed by atoms with Gasteiger partial charge in [-0.1, -0.05) is 41.9 Å². The standard InChI is InChI=1S/C29H31ClN4O3/c1-3-32(4-2)17-10-18-33(29(37)21-11-6-5-7-12-21)20-27(35)34-25-14-9-8-13-23(25)28(36)31-24-19-22(30)15-16-26(24)34/h5-9,11-16,19H,3-4,10,17-18,20H2,1-2H3,(H,31,36)/p+1. The van der Waals surface area contributed by atoms with Crippen LogP contribution in [-0.4, -0.2) is 55.3 Å². The summed E-state index contributed by atoms with van der Waals surface area (Å²) in [6.07, 6.45) is 0.770. The molecule has 0 atom stereocenters. The molecule has 192 valence electrons. The number of nitrogens with one attached hydrogen (secondary N) is 2. The van der Waals surface area contributed by atoms with Crippen LogP contribution < -0.4 is 15.1 Å². The third-order valence-corrected chi connectivity index (χ3v) is 6.91. The molecule has 3 aromatic carbocycles. The number of nitrogens with zero attached hydrogens (tertiary/aromatic N) is 2. The van der Waals surface area contributed by atoms with Crippen LogP contribution in [0, 0.1) is 0 Å². The Balaban J connectivity index is 1.68. The van der Waals surface area contributed by atoms with Crippen molar-refractivity contribution >= 4 is 46.4 Å². The zero-order chi connectivity index (χ0) is 26.4. The van der Waals surface area contributed by atoms with Crippen LogP contribution in [0.2, 0.25) is 5.02 Å². The van der Waals surface area contributed by atoms with Crippen molar-refractivity contribution in [3.8, 4) is 0 Å². The highest BCUT2D eigenvalue weighted by atomic mass is 35.5. The molecule has 0 aromatic heterocycles. The third kappa shape index (κ3) is 6.01. The molecule has 3 aromatic rings. The van der Waals surface area contributed by atoms with E-state index in [0.717, 1.165) is 26.1 Å². The van der Waals surface area contributed by atoms with E-state index in [1.165, 1.54) is 9.80 Å². The molecule has 0 saturated carbocycles. The van der Waals surface area contributed by atoms with Crippen LogP contribution >= 0.6 is 11.6 Å². The Morgan fingerprint density at radius 2 is 1.65 bits per heavy atom. The van der Waals surface area contributed by atoms with E-state index in [9.17, 15) is 14.4 Å². The van der Waals surface area contributed by atoms with E-state index in [1.54, 1.807) is 59.5 Å². The van der Waals surface area contributed by atoms with Crippen LogP contribution in [0.4, 0.5) is 17.1 Å². The maximum absolute atomic E-state index is 14.0. The van der Waals surface area contributed by atoms with Gasteiger partial charge in [0.15, 0.2) is 0 Å². The van der Waals surface area contributed by atoms with Gasteiger partial charge in [0.25, 0.3) is 17.7 Å². The first kappa shape index (κ1) is 26.4. The van der Waals surface area contributed by atoms with E-state index >= 15 is 0 Å². The van der Waals surface area contributed by atoms with E-state index in [4.69, 9.17) is 11.6 Å². The van der Waals surface area contributed by atoms with Gasteiger partial charge < -0.3 is 15.1 Å². The van der Waals surface area contributed by atoms with Gasteiger partial charge >= 0.3 is 0 Å². The molecule has 0 fully saturated rings. The van der Waals surface area contributed by atoms with Crippen LogP contribution in [-0.2, 0) is 4.79 Å². The summed E-state index contributed by atoms with van der Waals surface area (Å²) < 4.78 is 0. The lowest BCUT2D eigenvalue weighted by Crippen LogP contribution is -3.11. The molecule has 2 N–H and O–H groups in total. The average Bonchev–Trinajstić information content (AvgIpc) is 3.04. The highest BCUT2D eigenvalue weighted by Crippen LogP contribution is 2.39. The van der Waals surface area contributed by atoms with Crippen LogP contribution in [0.15, 0.2) is 72.8 Å². The predicted octanol–water partition coefficient (Wildman–Crippen LogP) is 4.03. The highest BCUT2D eigenvalue weighted by Gasteiger charge is 2.31. The third-order valence-electron chi connectivity index (χ3n) is 6.68. The van der Waals surface area contributed by atoms with Crippen molar-refractivity contribution in [2.45, 2.75) is 20.3 Å². The van der Waals surface area contributed by atoms with Gasteiger partial charge in [-0.05, 0) is 56.3 Å². The summed E-state index contributed by atoms with van der Waals surface area (Å²) in [4.78, 5) is 45.0. The number of rotatable bonds is 9. The minimum Gasteiger partial charge on any atom is -0.335 e. The first-order valence-corrected chi connectivity index (χ1v) is 13.0. The number of anilines is 3. The Hall–Kier alpha value is -3.68. The smallest absolute Gasteiger partial charge is 0.257 e. The quantitative estimate of drug-likeness (QED) is 0.448. The summed E-state index contributed by atoms with van der Waals surface area (Å²) in [6, 6.07) is 21.0. The molecule has 1 heterocycles. The molecule has 0 radical (unpaired) electrons. The molecule has 0 unspecified atom stereocenters. The Morgan fingerprint density at radius 1 is 0.946 bits per heavy atom. The minimum absolute atomic E-state index is 0.133. The second kappa shape index (κ2) is 12.0. The Bertz CT molecular complexity index is 1280. The van der Waals surface area contributed by atoms with Gasteiger partial charge in [-0.25, -0.2) is 0 Å². The van der Waals surface area contributed by atoms with E-state index in [0.29, 0.717) is 39.8 Å². The van der Waals surface area contributed by atoms with Crippen LogP contribution in [0.3, 0.4) is 0 Å². The predicted molar refractivity (Wildman–Crippen MR) is 147 cm³/mol. The van der Waals surface area contributed by atoms with E-state index in [-0.39, 0.29) is 24.3 Å². The van der Waals surface area contributed by atoms with Crippen molar-refractivity contribution in [1.29, 1.82) is 0 Å². The zero-order valence-corrected chi connectivity index (χ0v) is 21.9. The fraction of sp³-hybridized carbons (Fsp3) is 0.276. The Labute approximate surface area is 222 Å². The molecule has 0 bridgehead atoms. The average molecular weight is 520 g/mol. The van der Waals surface area contributed by atoms with Crippen LogP contribution in [0.1, 0.15) is 41.0 Å². The fourth-order valence-corrected chi connectivity index (χ4v) is 4.80. The highest BCUT2D eigenvalue weighted by molar-refractivity contribution is 6.31. The Morgan fingerprint density at radius 3 is 2.38 bits per heavy atom. The molecular formula is C29H32ClN4O3+. The minimum atomic E-state index is -0.325. The summed E-state index contributed by atoms with van der Waals surface area (Å²) in [6.45, 7) is 7.52. The molecule has 0 aliphatic carbocycles. The second-order valence-electron chi connectivity index (χ2n) is 9.02. The number of benzene rings is 3. The van der Waals surface area contributed by atoms with Crippen LogP contribution in [0.25, 0.3) is 0 Å². The SMILES string of the molecule is CC[NH+](CC)CCCN(CC(=O)N1c2ccc(Cl)cc2NC(=O)c2ccccc21)C(=O)c1ccccc1. The molecule has 8 heteroatoms. The summed E-state index contributed by atoms with van der Waals surface area (Å²) in [7, 11) is 0. The molecule has 0 spiro atoms. The number of fused-ring (bicyclic) bond motifs is 2. The number of halogens is 1. The zero-order valence-electron chi connectivity index (χ0n) is 21.2. The van der Waals surface area contributed by atoms with E-state index < -0.39 is 0 Å². The number of hydrogen-bond donors (Lipinski definition) is 2. The largest absolute Gasteiger partial charge is 0.335 e. The summed E-state index contributed by atoms with van der Waals surface area (Å²) in [5.41, 5.74) is 2.31. The van der Waals surface area contributed by atoms with Crippen molar-refractivity contribution in [3.63, 3.8) is 0 Å². The molecule has 1 aliphatic heterocycles. The van der Waals surface area contributed by atoms with Gasteiger partial charge in [0.05, 0.1) is 42.3 Å². The first-order valence-electron chi connectivity index (χ1n) is 12.6. The molecule has 1 aliphatic rings. The van der Waals surface area contributed by atoms with Crippen molar-refractivity contribution in [1.82, 2.24) is 4.90 Å². The molecular weight excluding hydrogens is 488 g/mol. The molecule has 7 nitrogen and oxygen atoms in total. The number of para-hydroxylation sites is 1. The van der Waals surface area contributed by atoms with Gasteiger partial charge in [0.2, 0.25) is 0 Å². The first-order chi connectivity index (χ1) is 17.9. The van der Waals surface area contributed by atoms with Crippen molar-refractivity contribution in [2.24, 2.45) is 0 Å². The molecule has 0 saturated heterocycles. The van der Waals surface area contributed by atoms with Gasteiger partial charge in [-0.3, -0.25) is 19.3 Å². The number of amides is 3. The topological polar surface area (TPSA) is 74.2 Å². The number of carbonyl (C=O) groups is 3. The van der Waals surface area contributed by atoms with Gasteiger partial charge in [0.1, 0.15) is 6.54 Å². The summed E-state index contributed by atoms with van der Waals surface area (Å²) in [5, 5.41) is 3.31. The molecule has 37 heavy (non-hydrogen) atoms. The van der Waals surface area contributed by atoms with Gasteiger partial charge in [0, 0.05) is 23.6 Å². The molecule has 4 rings (SSSR count). The van der Waals surface area contributed by atoms with Crippen molar-refractivity contribution in [3.05, 3.63) is 88.9 Å². The van der Waals surface area contributed by atoms with Crippen LogP contribution in [0.5, 0.6) is 0 Å². The normalized spacial score (nSPS) is 12.4. The maximum atomic E-state index is 14.0. The second-order valence-corrected chi connectivity index (χ2v) is 9.45. The summed E-state index contributed by atoms with van der Waals surface area (Å²) in [5.74, 6) is -0.835.